The average molecular weight is 264 g/mol. The first-order chi connectivity index (χ1) is 8.90. The zero-order valence-electron chi connectivity index (χ0n) is 12.1. The van der Waals surface area contributed by atoms with Crippen molar-refractivity contribution in [3.63, 3.8) is 0 Å². The van der Waals surface area contributed by atoms with Crippen molar-refractivity contribution in [3.05, 3.63) is 29.8 Å². The highest BCUT2D eigenvalue weighted by molar-refractivity contribution is 5.81. The Hall–Kier alpha value is -1.55. The van der Waals surface area contributed by atoms with Crippen LogP contribution in [0.3, 0.4) is 0 Å². The SMILES string of the molecule is CC(C)Oc1ccc(CNC(=O)[C@@H](N)C(C)C)cc1. The van der Waals surface area contributed by atoms with E-state index in [2.05, 4.69) is 5.32 Å². The molecule has 0 unspecified atom stereocenters. The predicted octanol–water partition coefficient (Wildman–Crippen LogP) is 2.07. The van der Waals surface area contributed by atoms with Crippen molar-refractivity contribution in [2.24, 2.45) is 11.7 Å². The van der Waals surface area contributed by atoms with Crippen molar-refractivity contribution in [3.8, 4) is 5.75 Å². The van der Waals surface area contributed by atoms with E-state index in [9.17, 15) is 4.79 Å². The molecule has 1 amide bonds. The molecule has 0 aliphatic heterocycles. The maximum absolute atomic E-state index is 11.7. The molecule has 1 aromatic carbocycles. The molecule has 0 aromatic heterocycles. The van der Waals surface area contributed by atoms with Crippen LogP contribution in [-0.2, 0) is 11.3 Å². The van der Waals surface area contributed by atoms with Crippen LogP contribution in [0.15, 0.2) is 24.3 Å². The van der Waals surface area contributed by atoms with Gasteiger partial charge in [0, 0.05) is 6.54 Å². The monoisotopic (exact) mass is 264 g/mol. The van der Waals surface area contributed by atoms with Gasteiger partial charge in [-0.15, -0.1) is 0 Å². The third-order valence-corrected chi connectivity index (χ3v) is 2.78. The second-order valence-electron chi connectivity index (χ2n) is 5.30. The summed E-state index contributed by atoms with van der Waals surface area (Å²) >= 11 is 0. The van der Waals surface area contributed by atoms with Crippen molar-refractivity contribution in [2.75, 3.05) is 0 Å². The smallest absolute Gasteiger partial charge is 0.237 e. The first kappa shape index (κ1) is 15.5. The number of hydrogen-bond donors (Lipinski definition) is 2. The van der Waals surface area contributed by atoms with Crippen LogP contribution in [-0.4, -0.2) is 18.1 Å². The van der Waals surface area contributed by atoms with E-state index in [1.807, 2.05) is 52.0 Å². The van der Waals surface area contributed by atoms with Crippen molar-refractivity contribution in [1.82, 2.24) is 5.32 Å². The minimum Gasteiger partial charge on any atom is -0.491 e. The van der Waals surface area contributed by atoms with Crippen LogP contribution >= 0.6 is 0 Å². The fourth-order valence-corrected chi connectivity index (χ4v) is 1.57. The van der Waals surface area contributed by atoms with E-state index in [0.29, 0.717) is 6.54 Å². The standard InChI is InChI=1S/C15H24N2O2/c1-10(2)14(16)15(18)17-9-12-5-7-13(8-6-12)19-11(3)4/h5-8,10-11,14H,9,16H2,1-4H3,(H,17,18)/t14-/m0/s1. The Labute approximate surface area is 115 Å². The molecule has 0 spiro atoms. The van der Waals surface area contributed by atoms with Gasteiger partial charge in [0.25, 0.3) is 0 Å². The molecule has 0 radical (unpaired) electrons. The van der Waals surface area contributed by atoms with Crippen LogP contribution < -0.4 is 15.8 Å². The lowest BCUT2D eigenvalue weighted by molar-refractivity contribution is -0.123. The number of ether oxygens (including phenoxy) is 1. The average Bonchev–Trinajstić information content (AvgIpc) is 2.35. The topological polar surface area (TPSA) is 64.3 Å². The lowest BCUT2D eigenvalue weighted by atomic mass is 10.0. The largest absolute Gasteiger partial charge is 0.491 e. The Balaban J connectivity index is 2.48. The second-order valence-corrected chi connectivity index (χ2v) is 5.30. The van der Waals surface area contributed by atoms with Crippen LogP contribution in [0.2, 0.25) is 0 Å². The number of nitrogens with one attached hydrogen (secondary N) is 1. The lowest BCUT2D eigenvalue weighted by Crippen LogP contribution is -2.43. The summed E-state index contributed by atoms with van der Waals surface area (Å²) in [6, 6.07) is 7.24. The summed E-state index contributed by atoms with van der Waals surface area (Å²) in [5.74, 6) is 0.864. The normalized spacial score (nSPS) is 12.6. The van der Waals surface area contributed by atoms with Crippen LogP contribution in [0.1, 0.15) is 33.3 Å². The molecule has 1 aromatic rings. The van der Waals surface area contributed by atoms with E-state index in [0.717, 1.165) is 11.3 Å². The Morgan fingerprint density at radius 2 is 1.79 bits per heavy atom. The number of hydrogen-bond acceptors (Lipinski definition) is 3. The van der Waals surface area contributed by atoms with Gasteiger partial charge < -0.3 is 15.8 Å². The third kappa shape index (κ3) is 5.30. The minimum atomic E-state index is -0.455. The van der Waals surface area contributed by atoms with Crippen LogP contribution in [0.5, 0.6) is 5.75 Å². The molecule has 0 bridgehead atoms. The van der Waals surface area contributed by atoms with E-state index < -0.39 is 6.04 Å². The van der Waals surface area contributed by atoms with Crippen molar-refractivity contribution in [2.45, 2.75) is 46.4 Å². The van der Waals surface area contributed by atoms with Gasteiger partial charge in [-0.25, -0.2) is 0 Å². The van der Waals surface area contributed by atoms with E-state index >= 15 is 0 Å². The minimum absolute atomic E-state index is 0.113. The quantitative estimate of drug-likeness (QED) is 0.826. The summed E-state index contributed by atoms with van der Waals surface area (Å²) in [5, 5.41) is 2.84. The molecule has 4 nitrogen and oxygen atoms in total. The zero-order chi connectivity index (χ0) is 14.4. The Morgan fingerprint density at radius 3 is 2.26 bits per heavy atom. The molecule has 0 aliphatic carbocycles. The molecule has 1 rings (SSSR count). The van der Waals surface area contributed by atoms with Crippen molar-refractivity contribution < 1.29 is 9.53 Å². The van der Waals surface area contributed by atoms with Gasteiger partial charge >= 0.3 is 0 Å². The maximum atomic E-state index is 11.7. The zero-order valence-corrected chi connectivity index (χ0v) is 12.1. The molecular formula is C15H24N2O2. The Morgan fingerprint density at radius 1 is 1.21 bits per heavy atom. The van der Waals surface area contributed by atoms with Gasteiger partial charge in [-0.3, -0.25) is 4.79 Å². The Kier molecular flexibility index (Phi) is 5.83. The van der Waals surface area contributed by atoms with Gasteiger partial charge in [0.1, 0.15) is 5.75 Å². The number of nitrogens with two attached hydrogens (primary N) is 1. The van der Waals surface area contributed by atoms with Crippen molar-refractivity contribution in [1.29, 1.82) is 0 Å². The van der Waals surface area contributed by atoms with Gasteiger partial charge in [-0.2, -0.15) is 0 Å². The van der Waals surface area contributed by atoms with Crippen LogP contribution in [0, 0.1) is 5.92 Å². The molecule has 4 heteroatoms. The molecule has 106 valence electrons. The molecule has 0 aliphatic rings. The lowest BCUT2D eigenvalue weighted by Gasteiger charge is -2.15. The fraction of sp³-hybridized carbons (Fsp3) is 0.533. The van der Waals surface area contributed by atoms with Gasteiger partial charge in [0.2, 0.25) is 5.91 Å². The molecule has 0 heterocycles. The highest BCUT2D eigenvalue weighted by atomic mass is 16.5. The number of benzene rings is 1. The fourth-order valence-electron chi connectivity index (χ4n) is 1.57. The molecule has 0 saturated heterocycles. The molecule has 0 saturated carbocycles. The summed E-state index contributed by atoms with van der Waals surface area (Å²) in [7, 11) is 0. The summed E-state index contributed by atoms with van der Waals surface area (Å²) in [6.45, 7) is 8.33. The van der Waals surface area contributed by atoms with Crippen molar-refractivity contribution >= 4 is 5.91 Å². The van der Waals surface area contributed by atoms with E-state index in [-0.39, 0.29) is 17.9 Å². The molecule has 19 heavy (non-hydrogen) atoms. The van der Waals surface area contributed by atoms with E-state index in [1.54, 1.807) is 0 Å². The number of amides is 1. The number of carbonyl (C=O) groups excluding carboxylic acids is 1. The van der Waals surface area contributed by atoms with Gasteiger partial charge in [0.15, 0.2) is 0 Å². The van der Waals surface area contributed by atoms with E-state index in [4.69, 9.17) is 10.5 Å². The van der Waals surface area contributed by atoms with Gasteiger partial charge in [0.05, 0.1) is 12.1 Å². The van der Waals surface area contributed by atoms with Gasteiger partial charge in [-0.05, 0) is 37.5 Å². The van der Waals surface area contributed by atoms with Gasteiger partial charge in [-0.1, -0.05) is 26.0 Å². The highest BCUT2D eigenvalue weighted by Crippen LogP contribution is 2.13. The van der Waals surface area contributed by atoms with Crippen LogP contribution in [0.25, 0.3) is 0 Å². The number of rotatable bonds is 6. The van der Waals surface area contributed by atoms with E-state index in [1.165, 1.54) is 0 Å². The first-order valence-electron chi connectivity index (χ1n) is 6.69. The highest BCUT2D eigenvalue weighted by Gasteiger charge is 2.16. The maximum Gasteiger partial charge on any atom is 0.237 e. The van der Waals surface area contributed by atoms with Crippen LogP contribution in [0.4, 0.5) is 0 Å². The summed E-state index contributed by atoms with van der Waals surface area (Å²) in [5.41, 5.74) is 6.80. The molecule has 3 N–H and O–H groups in total. The summed E-state index contributed by atoms with van der Waals surface area (Å²) in [4.78, 5) is 11.7. The molecule has 0 fully saturated rings. The predicted molar refractivity (Wildman–Crippen MR) is 76.9 cm³/mol. The second kappa shape index (κ2) is 7.14. The third-order valence-electron chi connectivity index (χ3n) is 2.78. The summed E-state index contributed by atoms with van der Waals surface area (Å²) < 4.78 is 5.56. The summed E-state index contributed by atoms with van der Waals surface area (Å²) in [6.07, 6.45) is 0.162. The number of carbonyl (C=O) groups is 1. The molecular weight excluding hydrogens is 240 g/mol. The Bertz CT molecular complexity index is 399. The molecule has 1 atom stereocenters. The first-order valence-corrected chi connectivity index (χ1v) is 6.69.